The molecular weight excluding hydrogens is 160 g/mol. The fourth-order valence-electron chi connectivity index (χ4n) is 2.28. The van der Waals surface area contributed by atoms with Gasteiger partial charge in [0.15, 0.2) is 0 Å². The number of hydrogen-bond donors (Lipinski definition) is 1. The van der Waals surface area contributed by atoms with E-state index in [1.807, 2.05) is 12.1 Å². The molecule has 0 amide bonds. The van der Waals surface area contributed by atoms with E-state index in [0.717, 1.165) is 12.0 Å². The molecule has 1 aliphatic rings. The molecule has 1 N–H and O–H groups in total. The Bertz CT molecular complexity index is 304. The molecule has 1 aromatic rings. The minimum absolute atomic E-state index is 0.233. The van der Waals surface area contributed by atoms with Crippen LogP contribution in [0.2, 0.25) is 0 Å². The molecule has 13 heavy (non-hydrogen) atoms. The van der Waals surface area contributed by atoms with Gasteiger partial charge in [-0.15, -0.1) is 0 Å². The van der Waals surface area contributed by atoms with Crippen LogP contribution in [-0.4, -0.2) is 5.11 Å². The van der Waals surface area contributed by atoms with Crippen LogP contribution in [0.5, 0.6) is 0 Å². The van der Waals surface area contributed by atoms with Crippen LogP contribution in [0, 0.1) is 5.92 Å². The van der Waals surface area contributed by atoms with Crippen molar-refractivity contribution in [1.82, 2.24) is 0 Å². The van der Waals surface area contributed by atoms with Gasteiger partial charge in [0.05, 0.1) is 6.10 Å². The van der Waals surface area contributed by atoms with Crippen molar-refractivity contribution >= 4 is 0 Å². The average molecular weight is 176 g/mol. The van der Waals surface area contributed by atoms with Gasteiger partial charge < -0.3 is 5.11 Å². The van der Waals surface area contributed by atoms with Crippen molar-refractivity contribution < 1.29 is 5.11 Å². The molecule has 1 heteroatoms. The minimum atomic E-state index is -0.233. The van der Waals surface area contributed by atoms with Crippen molar-refractivity contribution in [2.24, 2.45) is 5.92 Å². The lowest BCUT2D eigenvalue weighted by molar-refractivity contribution is 0.167. The maximum Gasteiger partial charge on any atom is 0.0798 e. The molecule has 0 radical (unpaired) electrons. The van der Waals surface area contributed by atoms with Crippen LogP contribution in [-0.2, 0) is 0 Å². The van der Waals surface area contributed by atoms with Crippen molar-refractivity contribution in [3.05, 3.63) is 35.4 Å². The highest BCUT2D eigenvalue weighted by Gasteiger charge is 2.30. The third-order valence-electron chi connectivity index (χ3n) is 3.04. The second-order valence-electron chi connectivity index (χ2n) is 4.23. The predicted molar refractivity (Wildman–Crippen MR) is 53.6 cm³/mol. The summed E-state index contributed by atoms with van der Waals surface area (Å²) >= 11 is 0. The third-order valence-corrected chi connectivity index (χ3v) is 3.04. The summed E-state index contributed by atoms with van der Waals surface area (Å²) in [6, 6.07) is 8.26. The first-order valence-corrected chi connectivity index (χ1v) is 4.97. The Morgan fingerprint density at radius 2 is 1.85 bits per heavy atom. The molecular formula is C12H16O. The maximum atomic E-state index is 9.80. The largest absolute Gasteiger partial charge is 0.388 e. The number of aliphatic hydroxyl groups excluding tert-OH is 1. The van der Waals surface area contributed by atoms with Gasteiger partial charge in [-0.3, -0.25) is 0 Å². The van der Waals surface area contributed by atoms with Gasteiger partial charge in [0, 0.05) is 0 Å². The summed E-state index contributed by atoms with van der Waals surface area (Å²) in [6.45, 7) is 4.44. The second kappa shape index (κ2) is 3.15. The van der Waals surface area contributed by atoms with E-state index in [1.165, 1.54) is 5.56 Å². The quantitative estimate of drug-likeness (QED) is 0.697. The lowest BCUT2D eigenvalue weighted by atomic mass is 9.90. The smallest absolute Gasteiger partial charge is 0.0798 e. The lowest BCUT2D eigenvalue weighted by Gasteiger charge is -2.14. The van der Waals surface area contributed by atoms with E-state index in [-0.39, 0.29) is 6.10 Å². The maximum absolute atomic E-state index is 9.80. The van der Waals surface area contributed by atoms with Gasteiger partial charge in [-0.25, -0.2) is 0 Å². The Labute approximate surface area is 79.4 Å². The number of benzene rings is 1. The van der Waals surface area contributed by atoms with Gasteiger partial charge in [0.1, 0.15) is 0 Å². The highest BCUT2D eigenvalue weighted by atomic mass is 16.3. The minimum Gasteiger partial charge on any atom is -0.388 e. The first-order chi connectivity index (χ1) is 6.20. The topological polar surface area (TPSA) is 20.2 Å². The molecule has 1 nitrogen and oxygen atoms in total. The van der Waals surface area contributed by atoms with E-state index in [9.17, 15) is 5.11 Å². The van der Waals surface area contributed by atoms with Crippen LogP contribution in [0.1, 0.15) is 43.4 Å². The lowest BCUT2D eigenvalue weighted by Crippen LogP contribution is -2.02. The standard InChI is InChI=1S/C12H16O/c1-8(2)11-7-12(13)10-6-4-3-5-9(10)11/h3-6,8,11-13H,7H2,1-2H3/t11-,12+/m0/s1. The van der Waals surface area contributed by atoms with Gasteiger partial charge in [0.2, 0.25) is 0 Å². The molecule has 0 saturated carbocycles. The summed E-state index contributed by atoms with van der Waals surface area (Å²) in [5.74, 6) is 1.17. The first kappa shape index (κ1) is 8.76. The molecule has 0 heterocycles. The molecule has 1 aromatic carbocycles. The Morgan fingerprint density at radius 3 is 2.46 bits per heavy atom. The zero-order valence-corrected chi connectivity index (χ0v) is 8.20. The second-order valence-corrected chi connectivity index (χ2v) is 4.23. The van der Waals surface area contributed by atoms with Gasteiger partial charge in [-0.05, 0) is 29.4 Å². The van der Waals surface area contributed by atoms with Gasteiger partial charge in [-0.1, -0.05) is 38.1 Å². The highest BCUT2D eigenvalue weighted by molar-refractivity contribution is 5.37. The third kappa shape index (κ3) is 1.37. The highest BCUT2D eigenvalue weighted by Crippen LogP contribution is 2.43. The number of aliphatic hydroxyl groups is 1. The van der Waals surface area contributed by atoms with E-state index in [2.05, 4.69) is 26.0 Å². The van der Waals surface area contributed by atoms with Gasteiger partial charge in [-0.2, -0.15) is 0 Å². The number of fused-ring (bicyclic) bond motifs is 1. The van der Waals surface area contributed by atoms with Crippen molar-refractivity contribution in [2.45, 2.75) is 32.3 Å². The Morgan fingerprint density at radius 1 is 1.23 bits per heavy atom. The summed E-state index contributed by atoms with van der Waals surface area (Å²) in [7, 11) is 0. The summed E-state index contributed by atoms with van der Waals surface area (Å²) < 4.78 is 0. The molecule has 2 rings (SSSR count). The molecule has 0 aliphatic heterocycles. The summed E-state index contributed by atoms with van der Waals surface area (Å²) in [4.78, 5) is 0. The molecule has 70 valence electrons. The summed E-state index contributed by atoms with van der Waals surface area (Å²) in [6.07, 6.45) is 0.667. The van der Waals surface area contributed by atoms with Crippen LogP contribution >= 0.6 is 0 Å². The molecule has 0 fully saturated rings. The van der Waals surface area contributed by atoms with Gasteiger partial charge in [0.25, 0.3) is 0 Å². The van der Waals surface area contributed by atoms with E-state index < -0.39 is 0 Å². The molecule has 1 aliphatic carbocycles. The number of rotatable bonds is 1. The van der Waals surface area contributed by atoms with Crippen molar-refractivity contribution in [3.8, 4) is 0 Å². The normalized spacial score (nSPS) is 26.5. The van der Waals surface area contributed by atoms with Crippen LogP contribution in [0.25, 0.3) is 0 Å². The summed E-state index contributed by atoms with van der Waals surface area (Å²) in [5, 5.41) is 9.80. The van der Waals surface area contributed by atoms with E-state index in [0.29, 0.717) is 11.8 Å². The molecule has 0 saturated heterocycles. The molecule has 0 unspecified atom stereocenters. The van der Waals surface area contributed by atoms with Crippen molar-refractivity contribution in [3.63, 3.8) is 0 Å². The molecule has 0 aromatic heterocycles. The monoisotopic (exact) mass is 176 g/mol. The molecule has 2 atom stereocenters. The summed E-state index contributed by atoms with van der Waals surface area (Å²) in [5.41, 5.74) is 2.49. The van der Waals surface area contributed by atoms with Crippen molar-refractivity contribution in [1.29, 1.82) is 0 Å². The van der Waals surface area contributed by atoms with E-state index >= 15 is 0 Å². The zero-order valence-electron chi connectivity index (χ0n) is 8.20. The van der Waals surface area contributed by atoms with Crippen molar-refractivity contribution in [2.75, 3.05) is 0 Å². The van der Waals surface area contributed by atoms with Crippen LogP contribution in [0.3, 0.4) is 0 Å². The van der Waals surface area contributed by atoms with Gasteiger partial charge >= 0.3 is 0 Å². The average Bonchev–Trinajstić information content (AvgIpc) is 2.45. The van der Waals surface area contributed by atoms with E-state index in [1.54, 1.807) is 0 Å². The zero-order chi connectivity index (χ0) is 9.42. The Balaban J connectivity index is 2.41. The number of hydrogen-bond acceptors (Lipinski definition) is 1. The fourth-order valence-corrected chi connectivity index (χ4v) is 2.28. The SMILES string of the molecule is CC(C)[C@@H]1C[C@@H](O)c2ccccc21. The Kier molecular flexibility index (Phi) is 2.12. The first-order valence-electron chi connectivity index (χ1n) is 4.97. The van der Waals surface area contributed by atoms with Crippen LogP contribution < -0.4 is 0 Å². The van der Waals surface area contributed by atoms with E-state index in [4.69, 9.17) is 0 Å². The molecule has 0 bridgehead atoms. The Hall–Kier alpha value is -0.820. The predicted octanol–water partition coefficient (Wildman–Crippen LogP) is 2.86. The van der Waals surface area contributed by atoms with Crippen LogP contribution in [0.4, 0.5) is 0 Å². The van der Waals surface area contributed by atoms with Crippen LogP contribution in [0.15, 0.2) is 24.3 Å². The molecule has 0 spiro atoms. The fraction of sp³-hybridized carbons (Fsp3) is 0.500.